The van der Waals surface area contributed by atoms with Gasteiger partial charge in [0.15, 0.2) is 0 Å². The van der Waals surface area contributed by atoms with Crippen molar-refractivity contribution in [3.63, 3.8) is 0 Å². The number of rotatable bonds is 5. The minimum absolute atomic E-state index is 0.0553. The zero-order chi connectivity index (χ0) is 32.6. The number of alkyl halides is 3. The van der Waals surface area contributed by atoms with E-state index in [1.165, 1.54) is 29.2 Å². The summed E-state index contributed by atoms with van der Waals surface area (Å²) in [6, 6.07) is 14.2. The number of amides is 4. The number of halogens is 5. The lowest BCUT2D eigenvalue weighted by molar-refractivity contribution is -0.137. The van der Waals surface area contributed by atoms with E-state index in [-0.39, 0.29) is 29.4 Å². The second-order valence-electron chi connectivity index (χ2n) is 11.8. The molecule has 0 radical (unpaired) electrons. The van der Waals surface area contributed by atoms with Crippen LogP contribution in [0.15, 0.2) is 71.7 Å². The zero-order valence-electron chi connectivity index (χ0n) is 24.5. The predicted molar refractivity (Wildman–Crippen MR) is 165 cm³/mol. The fourth-order valence-electron chi connectivity index (χ4n) is 6.40. The molecule has 1 unspecified atom stereocenters. The van der Waals surface area contributed by atoms with Crippen molar-refractivity contribution in [2.75, 3.05) is 29.9 Å². The molecule has 46 heavy (non-hydrogen) atoms. The molecule has 0 aromatic heterocycles. The third kappa shape index (κ3) is 6.57. The first-order chi connectivity index (χ1) is 22.0. The molecular formula is C33H30ClF4N5O3. The highest BCUT2D eigenvalue weighted by Crippen LogP contribution is 2.37. The Bertz CT molecular complexity index is 1690. The first-order valence-electron chi connectivity index (χ1n) is 14.9. The fourth-order valence-corrected chi connectivity index (χ4v) is 6.62. The quantitative estimate of drug-likeness (QED) is 0.308. The molecule has 1 aliphatic carbocycles. The van der Waals surface area contributed by atoms with E-state index in [0.29, 0.717) is 42.2 Å². The van der Waals surface area contributed by atoms with Gasteiger partial charge < -0.3 is 15.5 Å². The standard InChI is InChI=1S/C33H30ClF4N5O3/c34-25-14-13-21(15-24(25)33(36,37)38)39-32(46)41-30-31(45)43(18-28(44)42-16-19-9-10-20(17-42)12-11-19)27-8-4-2-6-23(27)29(40-30)22-5-1-3-7-26(22)35/h1-8,13-15,19-20,30H,9-12,16-18H2,(H2,39,41,46). The van der Waals surface area contributed by atoms with Gasteiger partial charge in [-0.05, 0) is 73.9 Å². The number of nitrogens with one attached hydrogen (secondary N) is 2. The number of urea groups is 1. The molecule has 2 bridgehead atoms. The third-order valence-corrected chi connectivity index (χ3v) is 9.03. The highest BCUT2D eigenvalue weighted by molar-refractivity contribution is 6.31. The lowest BCUT2D eigenvalue weighted by Gasteiger charge is -2.29. The SMILES string of the molecule is O=C(Nc1ccc(Cl)c(C(F)(F)F)c1)NC1N=C(c2ccccc2F)c2ccccc2N(CC(=O)N2CC3CCC(CC3)C2)C1=O. The lowest BCUT2D eigenvalue weighted by Crippen LogP contribution is -2.51. The Morgan fingerprint density at radius 3 is 2.20 bits per heavy atom. The number of benzodiazepines with no additional fused rings is 1. The molecule has 4 amide bonds. The van der Waals surface area contributed by atoms with Crippen LogP contribution in [0.2, 0.25) is 5.02 Å². The number of aliphatic imine (C=N–C) groups is 1. The molecule has 3 heterocycles. The number of carbonyl (C=O) groups excluding carboxylic acids is 3. The summed E-state index contributed by atoms with van der Waals surface area (Å²) in [5, 5.41) is 4.15. The first kappa shape index (κ1) is 31.5. The normalized spacial score (nSPS) is 21.2. The Balaban J connectivity index is 1.34. The Labute approximate surface area is 267 Å². The van der Waals surface area contributed by atoms with E-state index < -0.39 is 40.7 Å². The zero-order valence-corrected chi connectivity index (χ0v) is 25.2. The van der Waals surface area contributed by atoms with Crippen molar-refractivity contribution >= 4 is 46.5 Å². The largest absolute Gasteiger partial charge is 0.417 e. The smallest absolute Gasteiger partial charge is 0.341 e. The van der Waals surface area contributed by atoms with Crippen LogP contribution in [0, 0.1) is 17.7 Å². The van der Waals surface area contributed by atoms with Gasteiger partial charge in [0.2, 0.25) is 12.1 Å². The first-order valence-corrected chi connectivity index (χ1v) is 15.3. The molecule has 3 aliphatic heterocycles. The van der Waals surface area contributed by atoms with Gasteiger partial charge in [0.25, 0.3) is 5.91 Å². The lowest BCUT2D eigenvalue weighted by atomic mass is 9.84. The van der Waals surface area contributed by atoms with Gasteiger partial charge in [-0.1, -0.05) is 41.9 Å². The highest BCUT2D eigenvalue weighted by atomic mass is 35.5. The number of fused-ring (bicyclic) bond motifs is 5. The van der Waals surface area contributed by atoms with Crippen LogP contribution in [0.3, 0.4) is 0 Å². The molecule has 7 rings (SSSR count). The Morgan fingerprint density at radius 2 is 1.54 bits per heavy atom. The van der Waals surface area contributed by atoms with E-state index in [1.54, 1.807) is 35.2 Å². The minimum atomic E-state index is -4.77. The van der Waals surface area contributed by atoms with Gasteiger partial charge in [0.05, 0.1) is 22.0 Å². The minimum Gasteiger partial charge on any atom is -0.341 e. The molecule has 240 valence electrons. The summed E-state index contributed by atoms with van der Waals surface area (Å²) in [6.07, 6.45) is -2.22. The maximum absolute atomic E-state index is 15.2. The monoisotopic (exact) mass is 655 g/mol. The van der Waals surface area contributed by atoms with Crippen molar-refractivity contribution in [3.05, 3.63) is 94.3 Å². The maximum atomic E-state index is 15.2. The predicted octanol–water partition coefficient (Wildman–Crippen LogP) is 6.48. The van der Waals surface area contributed by atoms with E-state index in [9.17, 15) is 27.6 Å². The summed E-state index contributed by atoms with van der Waals surface area (Å²) in [6.45, 7) is 0.851. The van der Waals surface area contributed by atoms with Gasteiger partial charge >= 0.3 is 12.2 Å². The molecule has 0 spiro atoms. The van der Waals surface area contributed by atoms with Crippen molar-refractivity contribution in [2.45, 2.75) is 38.0 Å². The summed E-state index contributed by atoms with van der Waals surface area (Å²) in [4.78, 5) is 48.6. The number of benzene rings is 3. The molecule has 8 nitrogen and oxygen atoms in total. The van der Waals surface area contributed by atoms with E-state index in [2.05, 4.69) is 15.6 Å². The molecule has 13 heteroatoms. The Kier molecular flexibility index (Phi) is 8.73. The topological polar surface area (TPSA) is 94.1 Å². The van der Waals surface area contributed by atoms with Crippen LogP contribution in [-0.2, 0) is 15.8 Å². The number of anilines is 2. The molecular weight excluding hydrogens is 626 g/mol. The van der Waals surface area contributed by atoms with Gasteiger partial charge in [-0.15, -0.1) is 0 Å². The number of nitrogens with zero attached hydrogens (tertiary/aromatic N) is 3. The number of hydrogen-bond donors (Lipinski definition) is 2. The molecule has 3 fully saturated rings. The average Bonchev–Trinajstić information content (AvgIpc) is 3.41. The molecule has 3 aromatic rings. The van der Waals surface area contributed by atoms with Crippen LogP contribution < -0.4 is 15.5 Å². The number of carbonyl (C=O) groups is 3. The molecule has 3 aromatic carbocycles. The molecule has 2 saturated heterocycles. The van der Waals surface area contributed by atoms with Crippen LogP contribution in [0.1, 0.15) is 42.4 Å². The molecule has 2 N–H and O–H groups in total. The van der Waals surface area contributed by atoms with Crippen LogP contribution in [-0.4, -0.2) is 54.3 Å². The summed E-state index contributed by atoms with van der Waals surface area (Å²) in [7, 11) is 0. The van der Waals surface area contributed by atoms with Gasteiger partial charge in [-0.2, -0.15) is 13.2 Å². The van der Waals surface area contributed by atoms with E-state index in [1.807, 2.05) is 0 Å². The average molecular weight is 656 g/mol. The van der Waals surface area contributed by atoms with Crippen molar-refractivity contribution in [1.29, 1.82) is 0 Å². The number of hydrogen-bond acceptors (Lipinski definition) is 4. The van der Waals surface area contributed by atoms with Gasteiger partial charge in [-0.3, -0.25) is 14.5 Å². The highest BCUT2D eigenvalue weighted by Gasteiger charge is 2.38. The van der Waals surface area contributed by atoms with E-state index in [4.69, 9.17) is 11.6 Å². The van der Waals surface area contributed by atoms with Crippen molar-refractivity contribution in [3.8, 4) is 0 Å². The third-order valence-electron chi connectivity index (χ3n) is 8.70. The summed E-state index contributed by atoms with van der Waals surface area (Å²) in [5.41, 5.74) is -0.611. The van der Waals surface area contributed by atoms with Crippen molar-refractivity contribution in [1.82, 2.24) is 10.2 Å². The summed E-state index contributed by atoms with van der Waals surface area (Å²) < 4.78 is 55.4. The Hall–Kier alpha value is -4.45. The molecule has 1 saturated carbocycles. The van der Waals surface area contributed by atoms with Crippen molar-refractivity contribution in [2.24, 2.45) is 16.8 Å². The van der Waals surface area contributed by atoms with Crippen LogP contribution in [0.25, 0.3) is 0 Å². The van der Waals surface area contributed by atoms with Gasteiger partial charge in [0.1, 0.15) is 12.4 Å². The Morgan fingerprint density at radius 1 is 0.913 bits per heavy atom. The van der Waals surface area contributed by atoms with Crippen LogP contribution >= 0.6 is 11.6 Å². The molecule has 4 aliphatic rings. The maximum Gasteiger partial charge on any atom is 0.417 e. The second-order valence-corrected chi connectivity index (χ2v) is 12.2. The van der Waals surface area contributed by atoms with Crippen LogP contribution in [0.5, 0.6) is 0 Å². The summed E-state index contributed by atoms with van der Waals surface area (Å²) in [5.74, 6) is -0.867. The molecule has 1 atom stereocenters. The number of para-hydroxylation sites is 1. The fraction of sp³-hybridized carbons (Fsp3) is 0.333. The van der Waals surface area contributed by atoms with E-state index in [0.717, 1.165) is 31.7 Å². The van der Waals surface area contributed by atoms with Crippen molar-refractivity contribution < 1.29 is 31.9 Å². The second kappa shape index (κ2) is 12.7. The summed E-state index contributed by atoms with van der Waals surface area (Å²) >= 11 is 5.71. The van der Waals surface area contributed by atoms with Gasteiger partial charge in [0, 0.05) is 29.9 Å². The van der Waals surface area contributed by atoms with Crippen LogP contribution in [0.4, 0.5) is 33.7 Å². The van der Waals surface area contributed by atoms with E-state index >= 15 is 4.39 Å². The van der Waals surface area contributed by atoms with Gasteiger partial charge in [-0.25, -0.2) is 14.2 Å².